The highest BCUT2D eigenvalue weighted by Gasteiger charge is 2.30. The van der Waals surface area contributed by atoms with Crippen LogP contribution in [0.4, 0.5) is 0 Å². The number of aryl methyl sites for hydroxylation is 1. The minimum Gasteiger partial charge on any atom is -0.348 e. The summed E-state index contributed by atoms with van der Waals surface area (Å²) in [6, 6.07) is 7.64. The van der Waals surface area contributed by atoms with E-state index in [4.69, 9.17) is 0 Å². The Morgan fingerprint density at radius 3 is 3.00 bits per heavy atom. The van der Waals surface area contributed by atoms with Crippen LogP contribution in [0, 0.1) is 0 Å². The monoisotopic (exact) mass is 323 g/mol. The van der Waals surface area contributed by atoms with Gasteiger partial charge in [-0.25, -0.2) is 0 Å². The average Bonchev–Trinajstić information content (AvgIpc) is 2.92. The van der Waals surface area contributed by atoms with Crippen LogP contribution >= 0.6 is 0 Å². The van der Waals surface area contributed by atoms with Gasteiger partial charge in [0.05, 0.1) is 11.6 Å². The molecule has 2 amide bonds. The molecule has 0 bridgehead atoms. The Labute approximate surface area is 138 Å². The fourth-order valence-electron chi connectivity index (χ4n) is 3.43. The molecular weight excluding hydrogens is 306 g/mol. The van der Waals surface area contributed by atoms with E-state index in [1.54, 1.807) is 10.8 Å². The van der Waals surface area contributed by atoms with Crippen LogP contribution in [0.15, 0.2) is 46.1 Å². The molecule has 1 fully saturated rings. The van der Waals surface area contributed by atoms with E-state index >= 15 is 0 Å². The topological polar surface area (TPSA) is 88.7 Å². The molecule has 122 valence electrons. The molecule has 1 aromatic heterocycles. The maximum atomic E-state index is 12.6. The number of nitrogens with zero attached hydrogens (tertiary/aromatic N) is 4. The molecule has 1 aromatic carbocycles. The summed E-state index contributed by atoms with van der Waals surface area (Å²) in [5.74, 6) is -0.497. The number of fused-ring (bicyclic) bond motifs is 2. The van der Waals surface area contributed by atoms with Crippen LogP contribution < -0.4 is 5.32 Å². The van der Waals surface area contributed by atoms with Crippen LogP contribution in [0.25, 0.3) is 10.9 Å². The Morgan fingerprint density at radius 1 is 1.29 bits per heavy atom. The van der Waals surface area contributed by atoms with Crippen molar-refractivity contribution in [1.82, 2.24) is 15.1 Å². The molecule has 0 radical (unpaired) electrons. The van der Waals surface area contributed by atoms with Crippen LogP contribution in [0.2, 0.25) is 0 Å². The predicted molar refractivity (Wildman–Crippen MR) is 87.6 cm³/mol. The molecular formula is C17H17N5O2. The van der Waals surface area contributed by atoms with Crippen LogP contribution in [-0.4, -0.2) is 33.7 Å². The zero-order valence-corrected chi connectivity index (χ0v) is 13.3. The molecule has 2 atom stereocenters. The second kappa shape index (κ2) is 5.67. The zero-order valence-electron chi connectivity index (χ0n) is 13.3. The standard InChI is InChI=1S/C17H17N5O2/c1-22-14-5-3-2-4-12(14)16(21-22)17(24)18-11-6-7-13-10(8-11)9-15(23)20-19-13/h2-5,9,11,13H,6-8H2,1H3,(H,18,24). The molecule has 7 nitrogen and oxygen atoms in total. The number of amides is 2. The van der Waals surface area contributed by atoms with Gasteiger partial charge in [0.1, 0.15) is 0 Å². The SMILES string of the molecule is Cn1nc(C(=O)NC2CCC3N=NC(=O)C=C3C2)c2ccccc21. The number of hydrogen-bond donors (Lipinski definition) is 1. The minimum atomic E-state index is -0.316. The molecule has 4 rings (SSSR count). The van der Waals surface area contributed by atoms with Crippen LogP contribution in [0.5, 0.6) is 0 Å². The first-order chi connectivity index (χ1) is 11.6. The molecule has 1 aliphatic carbocycles. The van der Waals surface area contributed by atoms with Gasteiger partial charge in [0, 0.05) is 24.6 Å². The van der Waals surface area contributed by atoms with Crippen molar-refractivity contribution in [2.24, 2.45) is 17.3 Å². The zero-order chi connectivity index (χ0) is 16.7. The second-order valence-corrected chi connectivity index (χ2v) is 6.23. The number of carbonyl (C=O) groups is 2. The van der Waals surface area contributed by atoms with E-state index in [0.717, 1.165) is 29.3 Å². The van der Waals surface area contributed by atoms with Gasteiger partial charge in [-0.3, -0.25) is 14.3 Å². The van der Waals surface area contributed by atoms with E-state index in [-0.39, 0.29) is 23.9 Å². The van der Waals surface area contributed by atoms with Crippen molar-refractivity contribution in [3.8, 4) is 0 Å². The lowest BCUT2D eigenvalue weighted by atomic mass is 9.86. The summed E-state index contributed by atoms with van der Waals surface area (Å²) >= 11 is 0. The predicted octanol–water partition coefficient (Wildman–Crippen LogP) is 2.14. The largest absolute Gasteiger partial charge is 0.348 e. The molecule has 2 aromatic rings. The van der Waals surface area contributed by atoms with Gasteiger partial charge in [-0.05, 0) is 30.9 Å². The Hall–Kier alpha value is -2.83. The van der Waals surface area contributed by atoms with Gasteiger partial charge in [-0.1, -0.05) is 18.2 Å². The van der Waals surface area contributed by atoms with Crippen molar-refractivity contribution < 1.29 is 9.59 Å². The van der Waals surface area contributed by atoms with Crippen molar-refractivity contribution in [3.63, 3.8) is 0 Å². The fourth-order valence-corrected chi connectivity index (χ4v) is 3.43. The average molecular weight is 323 g/mol. The lowest BCUT2D eigenvalue weighted by molar-refractivity contribution is -0.114. The Bertz CT molecular complexity index is 896. The highest BCUT2D eigenvalue weighted by atomic mass is 16.2. The Balaban J connectivity index is 1.53. The summed E-state index contributed by atoms with van der Waals surface area (Å²) in [6.45, 7) is 0. The van der Waals surface area contributed by atoms with Gasteiger partial charge in [0.25, 0.3) is 11.8 Å². The summed E-state index contributed by atoms with van der Waals surface area (Å²) in [6.07, 6.45) is 3.78. The minimum absolute atomic E-state index is 0.00784. The lowest BCUT2D eigenvalue weighted by Gasteiger charge is -2.29. The van der Waals surface area contributed by atoms with E-state index in [1.807, 2.05) is 31.3 Å². The summed E-state index contributed by atoms with van der Waals surface area (Å²) in [5.41, 5.74) is 2.31. The molecule has 1 aliphatic heterocycles. The van der Waals surface area contributed by atoms with Gasteiger partial charge in [-0.15, -0.1) is 5.11 Å². The van der Waals surface area contributed by atoms with Gasteiger partial charge < -0.3 is 5.32 Å². The van der Waals surface area contributed by atoms with E-state index in [2.05, 4.69) is 20.6 Å². The van der Waals surface area contributed by atoms with Gasteiger partial charge in [0.15, 0.2) is 5.69 Å². The van der Waals surface area contributed by atoms with E-state index in [0.29, 0.717) is 12.1 Å². The fraction of sp³-hybridized carbons (Fsp3) is 0.353. The summed E-state index contributed by atoms with van der Waals surface area (Å²) in [5, 5.41) is 15.9. The molecule has 24 heavy (non-hydrogen) atoms. The highest BCUT2D eigenvalue weighted by Crippen LogP contribution is 2.29. The van der Waals surface area contributed by atoms with Crippen LogP contribution in [0.1, 0.15) is 29.8 Å². The first-order valence-electron chi connectivity index (χ1n) is 7.99. The number of nitrogens with one attached hydrogen (secondary N) is 1. The van der Waals surface area contributed by atoms with Crippen molar-refractivity contribution >= 4 is 22.7 Å². The lowest BCUT2D eigenvalue weighted by Crippen LogP contribution is -2.40. The van der Waals surface area contributed by atoms with E-state index < -0.39 is 0 Å². The van der Waals surface area contributed by atoms with Crippen molar-refractivity contribution in [2.75, 3.05) is 0 Å². The molecule has 1 saturated carbocycles. The number of rotatable bonds is 2. The number of carbonyl (C=O) groups excluding carboxylic acids is 2. The summed E-state index contributed by atoms with van der Waals surface area (Å²) in [4.78, 5) is 24.0. The normalized spacial score (nSPS) is 23.0. The molecule has 0 saturated heterocycles. The van der Waals surface area contributed by atoms with E-state index in [1.165, 1.54) is 0 Å². The molecule has 0 spiro atoms. The third-order valence-corrected chi connectivity index (χ3v) is 4.61. The van der Waals surface area contributed by atoms with Crippen LogP contribution in [-0.2, 0) is 11.8 Å². The number of aromatic nitrogens is 2. The second-order valence-electron chi connectivity index (χ2n) is 6.23. The molecule has 2 heterocycles. The van der Waals surface area contributed by atoms with Gasteiger partial charge in [-0.2, -0.15) is 10.2 Å². The molecule has 2 aliphatic rings. The quantitative estimate of drug-likeness (QED) is 0.918. The first-order valence-corrected chi connectivity index (χ1v) is 7.99. The third-order valence-electron chi connectivity index (χ3n) is 4.61. The molecule has 7 heteroatoms. The molecule has 1 N–H and O–H groups in total. The molecule has 2 unspecified atom stereocenters. The Morgan fingerprint density at radius 2 is 2.12 bits per heavy atom. The maximum Gasteiger partial charge on any atom is 0.287 e. The van der Waals surface area contributed by atoms with Crippen molar-refractivity contribution in [1.29, 1.82) is 0 Å². The third kappa shape index (κ3) is 2.51. The number of azo groups is 1. The van der Waals surface area contributed by atoms with Gasteiger partial charge in [0.2, 0.25) is 0 Å². The highest BCUT2D eigenvalue weighted by molar-refractivity contribution is 6.05. The van der Waals surface area contributed by atoms with E-state index in [9.17, 15) is 9.59 Å². The Kier molecular flexibility index (Phi) is 3.48. The maximum absolute atomic E-state index is 12.6. The van der Waals surface area contributed by atoms with Crippen LogP contribution in [0.3, 0.4) is 0 Å². The number of hydrogen-bond acceptors (Lipinski definition) is 4. The number of para-hydroxylation sites is 1. The smallest absolute Gasteiger partial charge is 0.287 e. The van der Waals surface area contributed by atoms with Crippen molar-refractivity contribution in [3.05, 3.63) is 41.6 Å². The number of benzene rings is 1. The summed E-state index contributed by atoms with van der Waals surface area (Å²) in [7, 11) is 1.83. The van der Waals surface area contributed by atoms with Gasteiger partial charge >= 0.3 is 0 Å². The van der Waals surface area contributed by atoms with Crippen molar-refractivity contribution in [2.45, 2.75) is 31.3 Å². The summed E-state index contributed by atoms with van der Waals surface area (Å²) < 4.78 is 1.71. The first kappa shape index (κ1) is 14.7.